The van der Waals surface area contributed by atoms with Gasteiger partial charge in [0.1, 0.15) is 0 Å². The minimum atomic E-state index is -2.90. The Labute approximate surface area is 99.8 Å². The van der Waals surface area contributed by atoms with Gasteiger partial charge < -0.3 is 5.73 Å². The van der Waals surface area contributed by atoms with Gasteiger partial charge >= 0.3 is 0 Å². The Balaban J connectivity index is 2.31. The van der Waals surface area contributed by atoms with Gasteiger partial charge in [0.15, 0.2) is 9.84 Å². The molecule has 4 nitrogen and oxygen atoms in total. The predicted molar refractivity (Wildman–Crippen MR) is 65.2 cm³/mol. The molecule has 0 aromatic carbocycles. The Kier molecular flexibility index (Phi) is 3.07. The van der Waals surface area contributed by atoms with Gasteiger partial charge in [-0.2, -0.15) is 0 Å². The van der Waals surface area contributed by atoms with Gasteiger partial charge in [0.05, 0.1) is 22.2 Å². The van der Waals surface area contributed by atoms with E-state index in [1.165, 1.54) is 11.3 Å². The lowest BCUT2D eigenvalue weighted by Crippen LogP contribution is -2.37. The van der Waals surface area contributed by atoms with E-state index >= 15 is 0 Å². The number of hydrogen-bond acceptors (Lipinski definition) is 5. The molecule has 1 aliphatic heterocycles. The van der Waals surface area contributed by atoms with Crippen molar-refractivity contribution >= 4 is 21.2 Å². The van der Waals surface area contributed by atoms with Crippen molar-refractivity contribution in [3.8, 4) is 0 Å². The largest absolute Gasteiger partial charge is 0.325 e. The van der Waals surface area contributed by atoms with Crippen LogP contribution in [0.4, 0.5) is 0 Å². The molecule has 1 atom stereocenters. The van der Waals surface area contributed by atoms with Gasteiger partial charge in [-0.25, -0.2) is 13.4 Å². The average molecular weight is 260 g/mol. The third kappa shape index (κ3) is 2.28. The van der Waals surface area contributed by atoms with Gasteiger partial charge in [0, 0.05) is 17.3 Å². The number of hydrogen-bond donors (Lipinski definition) is 1. The molecule has 1 aromatic heterocycles. The third-order valence-corrected chi connectivity index (χ3v) is 6.18. The molecule has 0 radical (unpaired) electrons. The maximum atomic E-state index is 11.7. The van der Waals surface area contributed by atoms with Gasteiger partial charge in [-0.1, -0.05) is 6.92 Å². The lowest BCUT2D eigenvalue weighted by molar-refractivity contribution is 0.442. The number of nitrogens with two attached hydrogens (primary N) is 1. The van der Waals surface area contributed by atoms with E-state index in [1.54, 1.807) is 0 Å². The Morgan fingerprint density at radius 1 is 1.62 bits per heavy atom. The molecule has 1 saturated heterocycles. The summed E-state index contributed by atoms with van der Waals surface area (Å²) >= 11 is 1.52. The van der Waals surface area contributed by atoms with Crippen molar-refractivity contribution in [1.29, 1.82) is 0 Å². The Morgan fingerprint density at radius 2 is 2.38 bits per heavy atom. The summed E-state index contributed by atoms with van der Waals surface area (Å²) in [6.07, 6.45) is 1.63. The van der Waals surface area contributed by atoms with E-state index < -0.39 is 9.84 Å². The van der Waals surface area contributed by atoms with Crippen LogP contribution in [0.2, 0.25) is 0 Å². The summed E-state index contributed by atoms with van der Waals surface area (Å²) < 4.78 is 23.3. The van der Waals surface area contributed by atoms with Gasteiger partial charge in [-0.05, 0) is 12.8 Å². The molecule has 0 saturated carbocycles. The van der Waals surface area contributed by atoms with Crippen LogP contribution < -0.4 is 5.73 Å². The first kappa shape index (κ1) is 12.0. The van der Waals surface area contributed by atoms with Crippen molar-refractivity contribution in [3.63, 3.8) is 0 Å². The Hall–Kier alpha value is -0.460. The van der Waals surface area contributed by atoms with Crippen LogP contribution >= 0.6 is 11.3 Å². The van der Waals surface area contributed by atoms with Crippen LogP contribution in [0.1, 0.15) is 30.5 Å². The van der Waals surface area contributed by atoms with Crippen LogP contribution in [-0.2, 0) is 21.8 Å². The van der Waals surface area contributed by atoms with Crippen LogP contribution in [-0.4, -0.2) is 24.9 Å². The van der Waals surface area contributed by atoms with E-state index in [4.69, 9.17) is 5.73 Å². The normalized spacial score (nSPS) is 29.1. The smallest absolute Gasteiger partial charge is 0.151 e. The molecule has 1 fully saturated rings. The van der Waals surface area contributed by atoms with Gasteiger partial charge in [-0.3, -0.25) is 0 Å². The molecule has 2 N–H and O–H groups in total. The highest BCUT2D eigenvalue weighted by Crippen LogP contribution is 2.36. The molecule has 16 heavy (non-hydrogen) atoms. The first-order chi connectivity index (χ1) is 7.45. The second-order valence-corrected chi connectivity index (χ2v) is 7.65. The topological polar surface area (TPSA) is 73.0 Å². The standard InChI is InChI=1S/C10H16N2O2S2/c1-10(3-2-4-16(13,14)7-10)9-12-8(5-11)6-15-9/h6H,2-5,7,11H2,1H3. The molecule has 1 unspecified atom stereocenters. The van der Waals surface area contributed by atoms with Gasteiger partial charge in [0.2, 0.25) is 0 Å². The van der Waals surface area contributed by atoms with Crippen LogP contribution in [0.5, 0.6) is 0 Å². The SMILES string of the molecule is CC1(c2nc(CN)cs2)CCCS(=O)(=O)C1. The van der Waals surface area contributed by atoms with Crippen LogP contribution in [0, 0.1) is 0 Å². The van der Waals surface area contributed by atoms with E-state index in [1.807, 2.05) is 12.3 Å². The summed E-state index contributed by atoms with van der Waals surface area (Å²) in [5, 5.41) is 2.83. The highest BCUT2D eigenvalue weighted by Gasteiger charge is 2.38. The molecule has 1 aromatic rings. The first-order valence-electron chi connectivity index (χ1n) is 5.31. The fourth-order valence-corrected chi connectivity index (χ4v) is 5.26. The summed E-state index contributed by atoms with van der Waals surface area (Å²) in [7, 11) is -2.90. The van der Waals surface area contributed by atoms with Gasteiger partial charge in [0.25, 0.3) is 0 Å². The summed E-state index contributed by atoms with van der Waals surface area (Å²) in [5.41, 5.74) is 6.06. The Morgan fingerprint density at radius 3 is 2.94 bits per heavy atom. The number of nitrogens with zero attached hydrogens (tertiary/aromatic N) is 1. The maximum Gasteiger partial charge on any atom is 0.151 e. The van der Waals surface area contributed by atoms with Crippen molar-refractivity contribution < 1.29 is 8.42 Å². The molecule has 0 amide bonds. The number of sulfone groups is 1. The summed E-state index contributed by atoms with van der Waals surface area (Å²) in [6, 6.07) is 0. The summed E-state index contributed by atoms with van der Waals surface area (Å²) in [4.78, 5) is 4.42. The lowest BCUT2D eigenvalue weighted by atomic mass is 9.88. The van der Waals surface area contributed by atoms with Crippen molar-refractivity contribution in [2.75, 3.05) is 11.5 Å². The minimum absolute atomic E-state index is 0.220. The summed E-state index contributed by atoms with van der Waals surface area (Å²) in [5.74, 6) is 0.537. The summed E-state index contributed by atoms with van der Waals surface area (Å²) in [6.45, 7) is 2.40. The second kappa shape index (κ2) is 4.09. The fraction of sp³-hybridized carbons (Fsp3) is 0.700. The first-order valence-corrected chi connectivity index (χ1v) is 8.01. The molecule has 2 rings (SSSR count). The number of thiazole rings is 1. The van der Waals surface area contributed by atoms with E-state index in [0.717, 1.165) is 23.5 Å². The molecular weight excluding hydrogens is 244 g/mol. The molecule has 2 heterocycles. The van der Waals surface area contributed by atoms with Crippen LogP contribution in [0.25, 0.3) is 0 Å². The fourth-order valence-electron chi connectivity index (χ4n) is 2.16. The predicted octanol–water partition coefficient (Wildman–Crippen LogP) is 1.07. The second-order valence-electron chi connectivity index (χ2n) is 4.60. The average Bonchev–Trinajstić information content (AvgIpc) is 2.64. The van der Waals surface area contributed by atoms with E-state index in [-0.39, 0.29) is 11.2 Å². The molecule has 0 aliphatic carbocycles. The molecule has 1 aliphatic rings. The number of aromatic nitrogens is 1. The Bertz CT molecular complexity index is 481. The van der Waals surface area contributed by atoms with Gasteiger partial charge in [-0.15, -0.1) is 11.3 Å². The zero-order chi connectivity index (χ0) is 11.8. The van der Waals surface area contributed by atoms with Crippen molar-refractivity contribution in [1.82, 2.24) is 4.98 Å². The highest BCUT2D eigenvalue weighted by molar-refractivity contribution is 7.91. The zero-order valence-electron chi connectivity index (χ0n) is 9.27. The minimum Gasteiger partial charge on any atom is -0.325 e. The quantitative estimate of drug-likeness (QED) is 0.863. The molecule has 90 valence electrons. The van der Waals surface area contributed by atoms with E-state index in [2.05, 4.69) is 4.98 Å². The van der Waals surface area contributed by atoms with E-state index in [0.29, 0.717) is 12.3 Å². The molecular formula is C10H16N2O2S2. The van der Waals surface area contributed by atoms with Crippen molar-refractivity contribution in [3.05, 3.63) is 16.1 Å². The van der Waals surface area contributed by atoms with Crippen molar-refractivity contribution in [2.24, 2.45) is 5.73 Å². The molecule has 0 spiro atoms. The molecule has 6 heteroatoms. The highest BCUT2D eigenvalue weighted by atomic mass is 32.2. The van der Waals surface area contributed by atoms with Crippen molar-refractivity contribution in [2.45, 2.75) is 31.7 Å². The lowest BCUT2D eigenvalue weighted by Gasteiger charge is -2.31. The maximum absolute atomic E-state index is 11.7. The number of rotatable bonds is 2. The third-order valence-electron chi connectivity index (χ3n) is 3.00. The monoisotopic (exact) mass is 260 g/mol. The van der Waals surface area contributed by atoms with Crippen LogP contribution in [0.3, 0.4) is 0 Å². The van der Waals surface area contributed by atoms with E-state index in [9.17, 15) is 8.42 Å². The van der Waals surface area contributed by atoms with Crippen LogP contribution in [0.15, 0.2) is 5.38 Å². The molecule has 0 bridgehead atoms. The zero-order valence-corrected chi connectivity index (χ0v) is 10.9.